The Bertz CT molecular complexity index is 401. The zero-order valence-corrected chi connectivity index (χ0v) is 11.3. The van der Waals surface area contributed by atoms with E-state index in [1.807, 2.05) is 6.26 Å². The van der Waals surface area contributed by atoms with Crippen molar-refractivity contribution in [3.63, 3.8) is 0 Å². The number of nitrogens with one attached hydrogen (secondary N) is 1. The van der Waals surface area contributed by atoms with Gasteiger partial charge in [-0.1, -0.05) is 23.2 Å². The molecular formula is C9H9Cl2NOS2. The van der Waals surface area contributed by atoms with Gasteiger partial charge in [-0.15, -0.1) is 23.1 Å². The van der Waals surface area contributed by atoms with E-state index in [0.29, 0.717) is 19.1 Å². The number of rotatable bonds is 4. The van der Waals surface area contributed by atoms with Gasteiger partial charge in [0.1, 0.15) is 4.34 Å². The molecule has 1 N–H and O–H groups in total. The second-order valence-corrected chi connectivity index (χ2v) is 5.70. The van der Waals surface area contributed by atoms with Crippen LogP contribution in [0.4, 0.5) is 0 Å². The quantitative estimate of drug-likeness (QED) is 0.675. The van der Waals surface area contributed by atoms with Gasteiger partial charge in [0, 0.05) is 13.2 Å². The first kappa shape index (κ1) is 12.9. The highest BCUT2D eigenvalue weighted by molar-refractivity contribution is 8.03. The van der Waals surface area contributed by atoms with Gasteiger partial charge in [-0.2, -0.15) is 0 Å². The van der Waals surface area contributed by atoms with Gasteiger partial charge in [-0.05, 0) is 12.3 Å². The molecule has 0 fully saturated rings. The minimum atomic E-state index is -0.106. The fourth-order valence-corrected chi connectivity index (χ4v) is 2.97. The molecule has 0 aliphatic heterocycles. The lowest BCUT2D eigenvalue weighted by Gasteiger charge is -2.01. The normalized spacial score (nSPS) is 11.6. The van der Waals surface area contributed by atoms with Gasteiger partial charge in [0.05, 0.1) is 14.8 Å². The van der Waals surface area contributed by atoms with Crippen LogP contribution in [0.5, 0.6) is 0 Å². The van der Waals surface area contributed by atoms with E-state index < -0.39 is 0 Å². The number of thioether (sulfide) groups is 1. The van der Waals surface area contributed by atoms with E-state index in [-0.39, 0.29) is 5.78 Å². The van der Waals surface area contributed by atoms with E-state index in [1.54, 1.807) is 19.3 Å². The minimum absolute atomic E-state index is 0.106. The maximum atomic E-state index is 11.9. The first-order valence-corrected chi connectivity index (χ1v) is 6.80. The lowest BCUT2D eigenvalue weighted by atomic mass is 10.2. The summed E-state index contributed by atoms with van der Waals surface area (Å²) in [5, 5.41) is 2.82. The molecule has 2 nitrogen and oxygen atoms in total. The third-order valence-electron chi connectivity index (χ3n) is 1.62. The highest BCUT2D eigenvalue weighted by atomic mass is 35.5. The molecule has 0 aliphatic rings. The third-order valence-corrected chi connectivity index (χ3v) is 3.85. The van der Waals surface area contributed by atoms with Crippen molar-refractivity contribution < 1.29 is 4.79 Å². The molecule has 82 valence electrons. The lowest BCUT2D eigenvalue weighted by molar-refractivity contribution is 0.104. The van der Waals surface area contributed by atoms with E-state index in [0.717, 1.165) is 0 Å². The molecule has 0 saturated heterocycles. The zero-order chi connectivity index (χ0) is 11.4. The van der Waals surface area contributed by atoms with Gasteiger partial charge < -0.3 is 5.32 Å². The maximum Gasteiger partial charge on any atom is 0.203 e. The van der Waals surface area contributed by atoms with Crippen LogP contribution < -0.4 is 5.32 Å². The Morgan fingerprint density at radius 3 is 2.67 bits per heavy atom. The molecule has 0 aromatic carbocycles. The molecule has 0 saturated carbocycles. The van der Waals surface area contributed by atoms with Crippen LogP contribution in [0.15, 0.2) is 17.2 Å². The summed E-state index contributed by atoms with van der Waals surface area (Å²) in [5.41, 5.74) is 0.461. The largest absolute Gasteiger partial charge is 0.393 e. The Morgan fingerprint density at radius 2 is 2.27 bits per heavy atom. The van der Waals surface area contributed by atoms with Crippen molar-refractivity contribution in [3.8, 4) is 0 Å². The molecule has 15 heavy (non-hydrogen) atoms. The number of carbonyl (C=O) groups is 1. The molecule has 0 atom stereocenters. The summed E-state index contributed by atoms with van der Waals surface area (Å²) < 4.78 is 0.953. The second-order valence-electron chi connectivity index (χ2n) is 2.57. The van der Waals surface area contributed by atoms with Crippen LogP contribution in [0.3, 0.4) is 0 Å². The molecule has 1 aromatic heterocycles. The highest BCUT2D eigenvalue weighted by Crippen LogP contribution is 2.33. The number of allylic oxidation sites excluding steroid dienone is 1. The van der Waals surface area contributed by atoms with Crippen molar-refractivity contribution in [1.82, 2.24) is 5.32 Å². The standard InChI is InChI=1S/C9H9Cl2NOS2/c1-12-4-6(14-2)8(13)5-3-7(10)15-9(5)11/h3-4,12H,1-2H3/b6-4-. The van der Waals surface area contributed by atoms with Crippen LogP contribution in [0, 0.1) is 0 Å². The second kappa shape index (κ2) is 5.80. The number of halogens is 2. The van der Waals surface area contributed by atoms with Crippen molar-refractivity contribution in [2.75, 3.05) is 13.3 Å². The van der Waals surface area contributed by atoms with E-state index in [2.05, 4.69) is 5.32 Å². The SMILES string of the molecule is CN/C=C(\SC)C(=O)c1cc(Cl)sc1Cl. The number of Topliss-reactive ketones (excluding diaryl/α,β-unsaturated/α-hetero) is 1. The molecule has 1 heterocycles. The van der Waals surface area contributed by atoms with Crippen LogP contribution in [0.25, 0.3) is 0 Å². The van der Waals surface area contributed by atoms with Gasteiger partial charge in [-0.25, -0.2) is 0 Å². The number of thiophene rings is 1. The summed E-state index contributed by atoms with van der Waals surface area (Å²) >= 11 is 14.2. The van der Waals surface area contributed by atoms with Crippen molar-refractivity contribution >= 4 is 52.1 Å². The summed E-state index contributed by atoms with van der Waals surface area (Å²) in [6.07, 6.45) is 3.48. The highest BCUT2D eigenvalue weighted by Gasteiger charge is 2.17. The Labute approximate surface area is 107 Å². The molecule has 0 spiro atoms. The first-order chi connectivity index (χ1) is 7.10. The Hall–Kier alpha value is -0.160. The fraction of sp³-hybridized carbons (Fsp3) is 0.222. The Morgan fingerprint density at radius 1 is 1.60 bits per heavy atom. The lowest BCUT2D eigenvalue weighted by Crippen LogP contribution is -2.04. The molecule has 6 heteroatoms. The monoisotopic (exact) mass is 281 g/mol. The predicted molar refractivity (Wildman–Crippen MR) is 69.3 cm³/mol. The summed E-state index contributed by atoms with van der Waals surface area (Å²) in [7, 11) is 1.74. The van der Waals surface area contributed by atoms with Crippen LogP contribution >= 0.6 is 46.3 Å². The van der Waals surface area contributed by atoms with Crippen LogP contribution in [0.2, 0.25) is 8.67 Å². The van der Waals surface area contributed by atoms with Gasteiger partial charge in [0.25, 0.3) is 0 Å². The van der Waals surface area contributed by atoms with Crippen LogP contribution in [-0.4, -0.2) is 19.1 Å². The van der Waals surface area contributed by atoms with Gasteiger partial charge in [0.2, 0.25) is 5.78 Å². The number of ketones is 1. The molecule has 0 amide bonds. The fourth-order valence-electron chi connectivity index (χ4n) is 0.976. The van der Waals surface area contributed by atoms with Gasteiger partial charge in [-0.3, -0.25) is 4.79 Å². The molecule has 0 unspecified atom stereocenters. The van der Waals surface area contributed by atoms with E-state index >= 15 is 0 Å². The van der Waals surface area contributed by atoms with Gasteiger partial charge in [0.15, 0.2) is 0 Å². The predicted octanol–water partition coefficient (Wildman–Crippen LogP) is 3.66. The smallest absolute Gasteiger partial charge is 0.203 e. The summed E-state index contributed by atoms with van der Waals surface area (Å²) in [6.45, 7) is 0. The topological polar surface area (TPSA) is 29.1 Å². The number of hydrogen-bond acceptors (Lipinski definition) is 4. The molecule has 0 radical (unpaired) electrons. The summed E-state index contributed by atoms with van der Waals surface area (Å²) in [6, 6.07) is 1.59. The van der Waals surface area contributed by atoms with E-state index in [9.17, 15) is 4.79 Å². The van der Waals surface area contributed by atoms with E-state index in [1.165, 1.54) is 23.1 Å². The van der Waals surface area contributed by atoms with Crippen LogP contribution in [-0.2, 0) is 0 Å². The number of carbonyl (C=O) groups excluding carboxylic acids is 1. The Kier molecular flexibility index (Phi) is 4.99. The van der Waals surface area contributed by atoms with Crippen molar-refractivity contribution in [2.24, 2.45) is 0 Å². The van der Waals surface area contributed by atoms with Crippen molar-refractivity contribution in [2.45, 2.75) is 0 Å². The molecule has 0 aliphatic carbocycles. The molecule has 1 aromatic rings. The first-order valence-electron chi connectivity index (χ1n) is 4.01. The minimum Gasteiger partial charge on any atom is -0.393 e. The maximum absolute atomic E-state index is 11.9. The average molecular weight is 282 g/mol. The zero-order valence-electron chi connectivity index (χ0n) is 8.14. The number of hydrogen-bond donors (Lipinski definition) is 1. The third kappa shape index (κ3) is 3.14. The average Bonchev–Trinajstić information content (AvgIpc) is 2.53. The molecule has 0 bridgehead atoms. The molecule has 1 rings (SSSR count). The van der Waals surface area contributed by atoms with Crippen molar-refractivity contribution in [3.05, 3.63) is 31.4 Å². The van der Waals surface area contributed by atoms with Crippen molar-refractivity contribution in [1.29, 1.82) is 0 Å². The summed E-state index contributed by atoms with van der Waals surface area (Å²) in [4.78, 5) is 12.5. The Balaban J connectivity index is 3.03. The molecular weight excluding hydrogens is 273 g/mol. The van der Waals surface area contributed by atoms with E-state index in [4.69, 9.17) is 23.2 Å². The van der Waals surface area contributed by atoms with Gasteiger partial charge >= 0.3 is 0 Å². The van der Waals surface area contributed by atoms with Crippen LogP contribution in [0.1, 0.15) is 10.4 Å². The summed E-state index contributed by atoms with van der Waals surface area (Å²) in [5.74, 6) is -0.106.